The van der Waals surface area contributed by atoms with Gasteiger partial charge in [-0.25, -0.2) is 9.78 Å². The minimum absolute atomic E-state index is 0.361. The van der Waals surface area contributed by atoms with Crippen LogP contribution >= 0.6 is 0 Å². The maximum absolute atomic E-state index is 11.3. The summed E-state index contributed by atoms with van der Waals surface area (Å²) in [6.07, 6.45) is 7.84. The average molecular weight is 352 g/mol. The molecular formula is C21H24N2O3. The molecule has 0 aliphatic heterocycles. The summed E-state index contributed by atoms with van der Waals surface area (Å²) in [6.45, 7) is 10.1. The van der Waals surface area contributed by atoms with Crippen molar-refractivity contribution in [3.8, 4) is 0 Å². The van der Waals surface area contributed by atoms with Crippen LogP contribution in [0.25, 0.3) is 22.1 Å². The molecule has 0 aliphatic carbocycles. The van der Waals surface area contributed by atoms with Crippen molar-refractivity contribution in [3.63, 3.8) is 0 Å². The lowest BCUT2D eigenvalue weighted by Gasteiger charge is -1.99. The Morgan fingerprint density at radius 2 is 2.08 bits per heavy atom. The van der Waals surface area contributed by atoms with Gasteiger partial charge in [-0.05, 0) is 40.0 Å². The molecule has 26 heavy (non-hydrogen) atoms. The molecule has 5 nitrogen and oxygen atoms in total. The molecule has 3 rings (SSSR count). The summed E-state index contributed by atoms with van der Waals surface area (Å²) in [5, 5.41) is 3.84. The standard InChI is InChI=1S/C13H12N2O3.C8H12/c1-7-12-8(3-4-11(16)18-12)5-9-13(7)17-10(15-9)6-14-2;1-4-6-7-8(3)5-2/h3-5,14H,6H2,1-2H3;4-7H,2H2,1,3H3/b;6-4-,8-7-. The third-order valence-electron chi connectivity index (χ3n) is 3.74. The van der Waals surface area contributed by atoms with Crippen LogP contribution in [0.5, 0.6) is 0 Å². The first-order chi connectivity index (χ1) is 12.5. The second-order valence-electron chi connectivity index (χ2n) is 5.80. The first-order valence-electron chi connectivity index (χ1n) is 8.39. The van der Waals surface area contributed by atoms with Crippen molar-refractivity contribution >= 4 is 22.1 Å². The number of oxazole rings is 1. The number of nitrogens with one attached hydrogen (secondary N) is 1. The van der Waals surface area contributed by atoms with E-state index in [-0.39, 0.29) is 5.63 Å². The third kappa shape index (κ3) is 4.58. The highest BCUT2D eigenvalue weighted by atomic mass is 16.4. The van der Waals surface area contributed by atoms with Crippen molar-refractivity contribution in [2.45, 2.75) is 27.3 Å². The monoisotopic (exact) mass is 352 g/mol. The van der Waals surface area contributed by atoms with E-state index in [0.29, 0.717) is 23.6 Å². The molecule has 1 N–H and O–H groups in total. The molecular weight excluding hydrogens is 328 g/mol. The van der Waals surface area contributed by atoms with Gasteiger partial charge in [0.25, 0.3) is 0 Å². The molecule has 136 valence electrons. The average Bonchev–Trinajstić information content (AvgIpc) is 3.04. The zero-order valence-corrected chi connectivity index (χ0v) is 15.6. The number of hydrogen-bond acceptors (Lipinski definition) is 5. The highest BCUT2D eigenvalue weighted by molar-refractivity contribution is 5.94. The number of benzene rings is 1. The molecule has 0 bridgehead atoms. The van der Waals surface area contributed by atoms with Gasteiger partial charge in [0.2, 0.25) is 5.89 Å². The van der Waals surface area contributed by atoms with Gasteiger partial charge < -0.3 is 14.2 Å². The van der Waals surface area contributed by atoms with Gasteiger partial charge in [0.05, 0.1) is 6.54 Å². The van der Waals surface area contributed by atoms with Gasteiger partial charge in [-0.2, -0.15) is 0 Å². The highest BCUT2D eigenvalue weighted by Crippen LogP contribution is 2.27. The van der Waals surface area contributed by atoms with Crippen molar-refractivity contribution in [1.82, 2.24) is 10.3 Å². The van der Waals surface area contributed by atoms with Crippen molar-refractivity contribution in [2.75, 3.05) is 7.05 Å². The van der Waals surface area contributed by atoms with Crippen molar-refractivity contribution in [3.05, 3.63) is 76.5 Å². The second-order valence-corrected chi connectivity index (χ2v) is 5.80. The second kappa shape index (κ2) is 8.97. The Labute approximate surface area is 152 Å². The number of allylic oxidation sites excluding steroid dienone is 5. The smallest absolute Gasteiger partial charge is 0.336 e. The van der Waals surface area contributed by atoms with Crippen molar-refractivity contribution in [2.24, 2.45) is 0 Å². The predicted molar refractivity (Wildman–Crippen MR) is 106 cm³/mol. The Morgan fingerprint density at radius 3 is 2.73 bits per heavy atom. The first kappa shape index (κ1) is 19.4. The number of hydrogen-bond donors (Lipinski definition) is 1. The summed E-state index contributed by atoms with van der Waals surface area (Å²) < 4.78 is 10.9. The topological polar surface area (TPSA) is 68.3 Å². The summed E-state index contributed by atoms with van der Waals surface area (Å²) in [5.41, 5.74) is 3.64. The van der Waals surface area contributed by atoms with Gasteiger partial charge in [0, 0.05) is 17.0 Å². The number of aryl methyl sites for hydroxylation is 1. The molecule has 0 spiro atoms. The quantitative estimate of drug-likeness (QED) is 0.546. The molecule has 0 unspecified atom stereocenters. The molecule has 0 radical (unpaired) electrons. The highest BCUT2D eigenvalue weighted by Gasteiger charge is 2.12. The molecule has 3 aromatic rings. The Morgan fingerprint density at radius 1 is 1.31 bits per heavy atom. The van der Waals surface area contributed by atoms with E-state index in [0.717, 1.165) is 16.5 Å². The van der Waals surface area contributed by atoms with E-state index in [1.54, 1.807) is 6.07 Å². The van der Waals surface area contributed by atoms with E-state index in [1.165, 1.54) is 11.6 Å². The number of aromatic nitrogens is 1. The summed E-state index contributed by atoms with van der Waals surface area (Å²) >= 11 is 0. The fourth-order valence-corrected chi connectivity index (χ4v) is 2.37. The number of fused-ring (bicyclic) bond motifs is 2. The summed E-state index contributed by atoms with van der Waals surface area (Å²) in [7, 11) is 1.83. The summed E-state index contributed by atoms with van der Waals surface area (Å²) in [6, 6.07) is 5.01. The molecule has 0 aliphatic rings. The maximum atomic E-state index is 11.3. The van der Waals surface area contributed by atoms with Crippen molar-refractivity contribution < 1.29 is 8.83 Å². The number of rotatable bonds is 4. The number of nitrogens with zero attached hydrogens (tertiary/aromatic N) is 1. The maximum Gasteiger partial charge on any atom is 0.336 e. The Balaban J connectivity index is 0.000000260. The Hall–Kier alpha value is -2.92. The zero-order chi connectivity index (χ0) is 19.1. The van der Waals surface area contributed by atoms with Gasteiger partial charge >= 0.3 is 5.63 Å². The third-order valence-corrected chi connectivity index (χ3v) is 3.74. The van der Waals surface area contributed by atoms with Crippen LogP contribution in [0.2, 0.25) is 0 Å². The molecule has 0 fully saturated rings. The lowest BCUT2D eigenvalue weighted by Crippen LogP contribution is -2.04. The van der Waals surface area contributed by atoms with E-state index < -0.39 is 0 Å². The lowest BCUT2D eigenvalue weighted by atomic mass is 10.1. The Bertz CT molecular complexity index is 1020. The lowest BCUT2D eigenvalue weighted by molar-refractivity contribution is 0.508. The zero-order valence-electron chi connectivity index (χ0n) is 15.6. The van der Waals surface area contributed by atoms with Crippen molar-refractivity contribution in [1.29, 1.82) is 0 Å². The van der Waals surface area contributed by atoms with Gasteiger partial charge in [0.1, 0.15) is 11.1 Å². The van der Waals surface area contributed by atoms with Crippen LogP contribution in [0.1, 0.15) is 25.3 Å². The molecule has 2 aromatic heterocycles. The molecule has 5 heteroatoms. The minimum atomic E-state index is -0.361. The van der Waals surface area contributed by atoms with Crippen LogP contribution in [0.15, 0.2) is 68.3 Å². The summed E-state index contributed by atoms with van der Waals surface area (Å²) in [4.78, 5) is 15.6. The molecule has 1 aromatic carbocycles. The molecule has 0 saturated carbocycles. The molecule has 0 amide bonds. The van der Waals surface area contributed by atoms with E-state index >= 15 is 0 Å². The van der Waals surface area contributed by atoms with Crippen LogP contribution < -0.4 is 10.9 Å². The largest absolute Gasteiger partial charge is 0.439 e. The first-order valence-corrected chi connectivity index (χ1v) is 8.39. The molecule has 2 heterocycles. The van der Waals surface area contributed by atoms with E-state index in [1.807, 2.05) is 58.2 Å². The van der Waals surface area contributed by atoms with Gasteiger partial charge in [0.15, 0.2) is 5.58 Å². The Kier molecular flexibility index (Phi) is 6.69. The van der Waals surface area contributed by atoms with Gasteiger partial charge in [-0.15, -0.1) is 0 Å². The van der Waals surface area contributed by atoms with Crippen LogP contribution in [0.3, 0.4) is 0 Å². The van der Waals surface area contributed by atoms with Crippen LogP contribution in [-0.2, 0) is 6.54 Å². The SMILES string of the molecule is C=C/C(C)=C\C=C/C.CNCc1nc2cc3ccc(=O)oc3c(C)c2o1. The normalized spacial score (nSPS) is 11.8. The van der Waals surface area contributed by atoms with Crippen LogP contribution in [-0.4, -0.2) is 12.0 Å². The molecule has 0 atom stereocenters. The van der Waals surface area contributed by atoms with E-state index in [4.69, 9.17) is 8.83 Å². The van der Waals surface area contributed by atoms with Crippen LogP contribution in [0.4, 0.5) is 0 Å². The van der Waals surface area contributed by atoms with Crippen LogP contribution in [0, 0.1) is 6.92 Å². The van der Waals surface area contributed by atoms with Gasteiger partial charge in [-0.3, -0.25) is 0 Å². The van der Waals surface area contributed by atoms with E-state index in [2.05, 4.69) is 16.9 Å². The minimum Gasteiger partial charge on any atom is -0.439 e. The van der Waals surface area contributed by atoms with Gasteiger partial charge in [-0.1, -0.05) is 36.5 Å². The fraction of sp³-hybridized carbons (Fsp3) is 0.238. The molecule has 0 saturated heterocycles. The fourth-order valence-electron chi connectivity index (χ4n) is 2.37. The van der Waals surface area contributed by atoms with E-state index in [9.17, 15) is 4.79 Å². The summed E-state index contributed by atoms with van der Waals surface area (Å²) in [5.74, 6) is 0.619. The predicted octanol–water partition coefficient (Wildman–Crippen LogP) is 4.66.